The van der Waals surface area contributed by atoms with E-state index in [1.54, 1.807) is 6.20 Å². The summed E-state index contributed by atoms with van der Waals surface area (Å²) >= 11 is 5.35. The van der Waals surface area contributed by atoms with E-state index in [9.17, 15) is 0 Å². The van der Waals surface area contributed by atoms with Gasteiger partial charge in [-0.3, -0.25) is 9.50 Å². The van der Waals surface area contributed by atoms with Crippen LogP contribution in [0.2, 0.25) is 0 Å². The van der Waals surface area contributed by atoms with Crippen molar-refractivity contribution in [1.29, 1.82) is 0 Å². The van der Waals surface area contributed by atoms with E-state index in [-0.39, 0.29) is 0 Å². The second kappa shape index (κ2) is 4.59. The molecule has 2 aromatic heterocycles. The van der Waals surface area contributed by atoms with Crippen LogP contribution in [0.15, 0.2) is 36.5 Å². The number of H-pyrrole nitrogens is 1. The minimum absolute atomic E-state index is 0.325. The number of aromatic nitrogens is 4. The molecule has 0 spiro atoms. The molecule has 5 heteroatoms. The maximum Gasteiger partial charge on any atom is 0.200 e. The van der Waals surface area contributed by atoms with Gasteiger partial charge in [0.25, 0.3) is 0 Å². The van der Waals surface area contributed by atoms with Crippen molar-refractivity contribution in [2.75, 3.05) is 0 Å². The number of rotatable bonds is 2. The van der Waals surface area contributed by atoms with Crippen molar-refractivity contribution in [3.8, 4) is 11.4 Å². The Morgan fingerprint density at radius 3 is 2.63 bits per heavy atom. The molecule has 0 saturated heterocycles. The molecule has 1 N–H and O–H groups in total. The molecule has 0 unspecified atom stereocenters. The molecule has 0 radical (unpaired) electrons. The predicted molar refractivity (Wildman–Crippen MR) is 77.7 cm³/mol. The van der Waals surface area contributed by atoms with Gasteiger partial charge >= 0.3 is 0 Å². The fourth-order valence-corrected chi connectivity index (χ4v) is 2.42. The van der Waals surface area contributed by atoms with Crippen LogP contribution in [0.5, 0.6) is 0 Å². The second-order valence-electron chi connectivity index (χ2n) is 4.74. The molecule has 4 nitrogen and oxygen atoms in total. The molecular weight excluding hydrogens is 256 g/mol. The van der Waals surface area contributed by atoms with Gasteiger partial charge < -0.3 is 0 Å². The number of fused-ring (bicyclic) bond motifs is 1. The van der Waals surface area contributed by atoms with E-state index in [1.807, 2.05) is 34.7 Å². The van der Waals surface area contributed by atoms with Crippen LogP contribution in [0.4, 0.5) is 0 Å². The van der Waals surface area contributed by atoms with Crippen molar-refractivity contribution < 1.29 is 0 Å². The lowest BCUT2D eigenvalue weighted by atomic mass is 10.1. The van der Waals surface area contributed by atoms with E-state index in [0.29, 0.717) is 10.7 Å². The zero-order valence-electron chi connectivity index (χ0n) is 10.8. The summed E-state index contributed by atoms with van der Waals surface area (Å²) in [6.45, 7) is 4.24. The zero-order chi connectivity index (χ0) is 13.4. The molecular formula is C14H14N4S. The van der Waals surface area contributed by atoms with Gasteiger partial charge in [-0.1, -0.05) is 44.2 Å². The highest BCUT2D eigenvalue weighted by atomic mass is 32.1. The van der Waals surface area contributed by atoms with Gasteiger partial charge in [0.1, 0.15) is 5.82 Å². The van der Waals surface area contributed by atoms with Gasteiger partial charge in [0.2, 0.25) is 0 Å². The number of nitrogens with one attached hydrogen (secondary N) is 1. The molecule has 0 aliphatic heterocycles. The first-order valence-corrected chi connectivity index (χ1v) is 6.60. The van der Waals surface area contributed by atoms with Gasteiger partial charge in [-0.2, -0.15) is 5.10 Å². The van der Waals surface area contributed by atoms with Gasteiger partial charge in [-0.05, 0) is 18.1 Å². The van der Waals surface area contributed by atoms with Crippen molar-refractivity contribution in [2.24, 2.45) is 0 Å². The summed E-state index contributed by atoms with van der Waals surface area (Å²) in [5.41, 5.74) is 3.04. The van der Waals surface area contributed by atoms with Crippen LogP contribution in [0.3, 0.4) is 0 Å². The van der Waals surface area contributed by atoms with Crippen LogP contribution in [-0.2, 0) is 0 Å². The van der Waals surface area contributed by atoms with Crippen LogP contribution in [0.1, 0.15) is 25.5 Å². The Labute approximate surface area is 116 Å². The molecule has 19 heavy (non-hydrogen) atoms. The van der Waals surface area contributed by atoms with E-state index >= 15 is 0 Å². The Hall–Kier alpha value is -2.01. The predicted octanol–water partition coefficient (Wildman–Crippen LogP) is 3.58. The van der Waals surface area contributed by atoms with Gasteiger partial charge in [0.15, 0.2) is 4.77 Å². The average Bonchev–Trinajstić information content (AvgIpc) is 2.81. The number of nitrogens with zero attached hydrogens (tertiary/aromatic N) is 3. The first kappa shape index (κ1) is 12.0. The maximum absolute atomic E-state index is 5.35. The Morgan fingerprint density at radius 2 is 1.95 bits per heavy atom. The first-order chi connectivity index (χ1) is 9.18. The highest BCUT2D eigenvalue weighted by Gasteiger charge is 2.15. The summed E-state index contributed by atoms with van der Waals surface area (Å²) < 4.78 is 2.52. The molecule has 1 aromatic carbocycles. The van der Waals surface area contributed by atoms with Crippen molar-refractivity contribution in [3.63, 3.8) is 0 Å². The minimum Gasteiger partial charge on any atom is -0.266 e. The van der Waals surface area contributed by atoms with Crippen LogP contribution in [-0.4, -0.2) is 19.6 Å². The van der Waals surface area contributed by atoms with Crippen LogP contribution in [0, 0.1) is 4.77 Å². The molecule has 0 fully saturated rings. The summed E-state index contributed by atoms with van der Waals surface area (Å²) in [5.74, 6) is 1.19. The third kappa shape index (κ3) is 1.96. The molecule has 0 atom stereocenters. The number of aromatic amines is 1. The fraction of sp³-hybridized carbons (Fsp3) is 0.214. The molecule has 3 rings (SSSR count). The lowest BCUT2D eigenvalue weighted by Crippen LogP contribution is -1.95. The maximum atomic E-state index is 5.35. The molecule has 2 heterocycles. The van der Waals surface area contributed by atoms with Crippen LogP contribution >= 0.6 is 12.2 Å². The Kier molecular flexibility index (Phi) is 2.91. The van der Waals surface area contributed by atoms with Crippen molar-refractivity contribution in [3.05, 3.63) is 47.0 Å². The molecule has 0 aliphatic rings. The fourth-order valence-electron chi connectivity index (χ4n) is 2.18. The van der Waals surface area contributed by atoms with Gasteiger partial charge in [0, 0.05) is 5.56 Å². The smallest absolute Gasteiger partial charge is 0.200 e. The van der Waals surface area contributed by atoms with Crippen molar-refractivity contribution in [2.45, 2.75) is 19.8 Å². The Morgan fingerprint density at radius 1 is 1.21 bits per heavy atom. The lowest BCUT2D eigenvalue weighted by Gasteiger charge is -2.00. The topological polar surface area (TPSA) is 46.0 Å². The quantitative estimate of drug-likeness (QED) is 0.724. The molecule has 96 valence electrons. The summed E-state index contributed by atoms with van der Waals surface area (Å²) in [5, 5.41) is 6.90. The Balaban J connectivity index is 2.40. The lowest BCUT2D eigenvalue weighted by molar-refractivity contribution is 0.839. The van der Waals surface area contributed by atoms with Crippen LogP contribution in [0.25, 0.3) is 16.9 Å². The van der Waals surface area contributed by atoms with Gasteiger partial charge in [0.05, 0.1) is 17.4 Å². The van der Waals surface area contributed by atoms with E-state index in [4.69, 9.17) is 17.2 Å². The molecule has 3 aromatic rings. The third-order valence-electron chi connectivity index (χ3n) is 3.07. The second-order valence-corrected chi connectivity index (χ2v) is 5.12. The highest BCUT2D eigenvalue weighted by Crippen LogP contribution is 2.26. The molecule has 0 amide bonds. The van der Waals surface area contributed by atoms with E-state index in [2.05, 4.69) is 24.0 Å². The van der Waals surface area contributed by atoms with E-state index in [0.717, 1.165) is 22.6 Å². The molecule has 0 aliphatic carbocycles. The number of hydrogen-bond acceptors (Lipinski definition) is 3. The monoisotopic (exact) mass is 270 g/mol. The number of imidazole rings is 1. The number of benzene rings is 1. The van der Waals surface area contributed by atoms with Gasteiger partial charge in [-0.25, -0.2) is 4.98 Å². The average molecular weight is 270 g/mol. The highest BCUT2D eigenvalue weighted by molar-refractivity contribution is 7.71. The summed E-state index contributed by atoms with van der Waals surface area (Å²) in [6.07, 6.45) is 1.78. The van der Waals surface area contributed by atoms with Gasteiger partial charge in [-0.15, -0.1) is 0 Å². The minimum atomic E-state index is 0.325. The molecule has 0 bridgehead atoms. The van der Waals surface area contributed by atoms with Crippen LogP contribution < -0.4 is 0 Å². The van der Waals surface area contributed by atoms with E-state index < -0.39 is 0 Å². The summed E-state index contributed by atoms with van der Waals surface area (Å²) in [7, 11) is 0. The third-order valence-corrected chi connectivity index (χ3v) is 3.34. The van der Waals surface area contributed by atoms with Crippen molar-refractivity contribution in [1.82, 2.24) is 19.6 Å². The Bertz CT molecular complexity index is 771. The number of hydrogen-bond donors (Lipinski definition) is 1. The largest absolute Gasteiger partial charge is 0.266 e. The first-order valence-electron chi connectivity index (χ1n) is 6.20. The SMILES string of the molecule is CC(C)c1nc(-c2ccccc2)n2c(=S)[nH]ncc12. The normalized spacial score (nSPS) is 11.3. The summed E-state index contributed by atoms with van der Waals surface area (Å²) in [4.78, 5) is 4.76. The van der Waals surface area contributed by atoms with Crippen molar-refractivity contribution >= 4 is 17.7 Å². The standard InChI is InChI=1S/C14H14N4S/c1-9(2)12-11-8-15-17-14(19)18(11)13(16-12)10-6-4-3-5-7-10/h3-9H,1-2H3,(H,17,19). The summed E-state index contributed by atoms with van der Waals surface area (Å²) in [6, 6.07) is 10.1. The zero-order valence-corrected chi connectivity index (χ0v) is 11.6. The van der Waals surface area contributed by atoms with E-state index in [1.165, 1.54) is 0 Å². The molecule has 0 saturated carbocycles.